The summed E-state index contributed by atoms with van der Waals surface area (Å²) in [5, 5.41) is 6.46. The van der Waals surface area contributed by atoms with Gasteiger partial charge in [0.2, 0.25) is 0 Å². The molecule has 0 aromatic heterocycles. The number of nitrogens with one attached hydrogen (secondary N) is 2. The number of hydrogen-bond donors (Lipinski definition) is 2. The van der Waals surface area contributed by atoms with Crippen LogP contribution in [0.2, 0.25) is 0 Å². The van der Waals surface area contributed by atoms with Crippen molar-refractivity contribution in [2.45, 2.75) is 44.4 Å². The zero-order chi connectivity index (χ0) is 15.6. The first-order valence-electron chi connectivity index (χ1n) is 7.97. The molecule has 2 N–H and O–H groups in total. The number of unbranched alkanes of at least 4 members (excludes halogenated alkanes) is 1. The molecule has 122 valence electrons. The average Bonchev–Trinajstić information content (AvgIpc) is 2.51. The first-order valence-corrected chi connectivity index (χ1v) is 9.37. The van der Waals surface area contributed by atoms with E-state index in [2.05, 4.69) is 16.9 Å². The molecule has 1 aromatic rings. The number of carbonyl (C=O) groups excluding carboxylic acids is 1. The maximum atomic E-state index is 11.7. The molecule has 1 aromatic carbocycles. The maximum Gasteiger partial charge on any atom is 0.407 e. The molecule has 0 spiro atoms. The molecule has 0 bridgehead atoms. The van der Waals surface area contributed by atoms with Crippen molar-refractivity contribution in [2.75, 3.05) is 18.6 Å². The summed E-state index contributed by atoms with van der Waals surface area (Å²) < 4.78 is 5.22. The van der Waals surface area contributed by atoms with E-state index >= 15 is 0 Å². The molecule has 22 heavy (non-hydrogen) atoms. The molecule has 0 aliphatic heterocycles. The van der Waals surface area contributed by atoms with Crippen LogP contribution in [0, 0.1) is 0 Å². The van der Waals surface area contributed by atoms with Crippen LogP contribution in [-0.2, 0) is 11.3 Å². The van der Waals surface area contributed by atoms with Gasteiger partial charge in [0.05, 0.1) is 0 Å². The molecular weight excluding hydrogens is 296 g/mol. The number of hydrogen-bond acceptors (Lipinski definition) is 4. The van der Waals surface area contributed by atoms with E-state index in [0.717, 1.165) is 24.9 Å². The van der Waals surface area contributed by atoms with Gasteiger partial charge in [-0.2, -0.15) is 11.8 Å². The fraction of sp³-hybridized carbons (Fsp3) is 0.588. The zero-order valence-electron chi connectivity index (χ0n) is 13.2. The van der Waals surface area contributed by atoms with Crippen LogP contribution >= 0.6 is 11.8 Å². The smallest absolute Gasteiger partial charge is 0.407 e. The molecule has 2 rings (SSSR count). The van der Waals surface area contributed by atoms with Crippen molar-refractivity contribution < 1.29 is 9.53 Å². The van der Waals surface area contributed by atoms with E-state index in [1.807, 2.05) is 42.1 Å². The molecule has 1 aliphatic carbocycles. The van der Waals surface area contributed by atoms with E-state index < -0.39 is 0 Å². The number of amides is 1. The van der Waals surface area contributed by atoms with Crippen molar-refractivity contribution in [1.29, 1.82) is 0 Å². The minimum absolute atomic E-state index is 0.256. The van der Waals surface area contributed by atoms with Crippen LogP contribution in [0.5, 0.6) is 0 Å². The summed E-state index contributed by atoms with van der Waals surface area (Å²) >= 11 is 1.90. The summed E-state index contributed by atoms with van der Waals surface area (Å²) in [5.41, 5.74) is 1.01. The topological polar surface area (TPSA) is 50.4 Å². The SMILES string of the molecule is CSCCCCNC1CC(NC(=O)OCc2ccccc2)C1. The van der Waals surface area contributed by atoms with Gasteiger partial charge in [-0.25, -0.2) is 4.79 Å². The third-order valence-corrected chi connectivity index (χ3v) is 4.58. The molecular formula is C17H26N2O2S. The molecule has 0 atom stereocenters. The lowest BCUT2D eigenvalue weighted by Crippen LogP contribution is -2.52. The fourth-order valence-corrected chi connectivity index (χ4v) is 3.00. The molecule has 0 heterocycles. The van der Waals surface area contributed by atoms with Gasteiger partial charge in [-0.3, -0.25) is 0 Å². The van der Waals surface area contributed by atoms with Gasteiger partial charge in [0.1, 0.15) is 6.61 Å². The molecule has 1 amide bonds. The van der Waals surface area contributed by atoms with Crippen molar-refractivity contribution in [3.8, 4) is 0 Å². The highest BCUT2D eigenvalue weighted by Crippen LogP contribution is 2.20. The number of alkyl carbamates (subject to hydrolysis) is 1. The molecule has 5 heteroatoms. The van der Waals surface area contributed by atoms with E-state index in [-0.39, 0.29) is 12.1 Å². The first-order chi connectivity index (χ1) is 10.8. The summed E-state index contributed by atoms with van der Waals surface area (Å²) in [6.07, 6.45) is 6.34. The van der Waals surface area contributed by atoms with Gasteiger partial charge >= 0.3 is 6.09 Å². The number of benzene rings is 1. The standard InChI is InChI=1S/C17H26N2O2S/c1-22-10-6-5-9-18-15-11-16(12-15)19-17(20)21-13-14-7-3-2-4-8-14/h2-4,7-8,15-16,18H,5-6,9-13H2,1H3,(H,19,20). The van der Waals surface area contributed by atoms with Crippen LogP contribution in [0.25, 0.3) is 0 Å². The van der Waals surface area contributed by atoms with Crippen LogP contribution in [0.3, 0.4) is 0 Å². The largest absolute Gasteiger partial charge is 0.445 e. The number of thioether (sulfide) groups is 1. The average molecular weight is 322 g/mol. The lowest BCUT2D eigenvalue weighted by molar-refractivity contribution is 0.125. The van der Waals surface area contributed by atoms with E-state index in [9.17, 15) is 4.79 Å². The minimum Gasteiger partial charge on any atom is -0.445 e. The second kappa shape index (κ2) is 9.74. The third kappa shape index (κ3) is 6.28. The molecule has 0 saturated heterocycles. The van der Waals surface area contributed by atoms with Gasteiger partial charge in [-0.15, -0.1) is 0 Å². The number of rotatable bonds is 9. The van der Waals surface area contributed by atoms with Crippen molar-refractivity contribution >= 4 is 17.9 Å². The van der Waals surface area contributed by atoms with Gasteiger partial charge in [0.15, 0.2) is 0 Å². The molecule has 0 radical (unpaired) electrons. The highest BCUT2D eigenvalue weighted by molar-refractivity contribution is 7.98. The van der Waals surface area contributed by atoms with Crippen LogP contribution in [0.1, 0.15) is 31.2 Å². The summed E-state index contributed by atoms with van der Waals surface area (Å²) in [7, 11) is 0. The van der Waals surface area contributed by atoms with E-state index in [4.69, 9.17) is 4.74 Å². The second-order valence-corrected chi connectivity index (χ2v) is 6.71. The quantitative estimate of drug-likeness (QED) is 0.686. The highest BCUT2D eigenvalue weighted by Gasteiger charge is 2.29. The molecule has 1 fully saturated rings. The summed E-state index contributed by atoms with van der Waals surface area (Å²) in [4.78, 5) is 11.7. The van der Waals surface area contributed by atoms with Crippen LogP contribution in [0.15, 0.2) is 30.3 Å². The number of ether oxygens (including phenoxy) is 1. The lowest BCUT2D eigenvalue weighted by Gasteiger charge is -2.36. The van der Waals surface area contributed by atoms with E-state index in [1.165, 1.54) is 18.6 Å². The van der Waals surface area contributed by atoms with Gasteiger partial charge in [-0.1, -0.05) is 30.3 Å². The van der Waals surface area contributed by atoms with Crippen molar-refractivity contribution in [1.82, 2.24) is 10.6 Å². The van der Waals surface area contributed by atoms with Crippen molar-refractivity contribution in [2.24, 2.45) is 0 Å². The fourth-order valence-electron chi connectivity index (χ4n) is 2.51. The summed E-state index contributed by atoms with van der Waals surface area (Å²) in [5.74, 6) is 1.24. The second-order valence-electron chi connectivity index (χ2n) is 5.73. The Morgan fingerprint density at radius 3 is 2.73 bits per heavy atom. The van der Waals surface area contributed by atoms with Crippen LogP contribution in [0.4, 0.5) is 4.79 Å². The summed E-state index contributed by atoms with van der Waals surface area (Å²) in [6, 6.07) is 10.5. The van der Waals surface area contributed by atoms with Gasteiger partial charge < -0.3 is 15.4 Å². The Labute approximate surface area is 137 Å². The number of carbonyl (C=O) groups is 1. The predicted octanol–water partition coefficient (Wildman–Crippen LogP) is 3.18. The third-order valence-electron chi connectivity index (χ3n) is 3.88. The van der Waals surface area contributed by atoms with Crippen LogP contribution < -0.4 is 10.6 Å². The molecule has 1 aliphatic rings. The Balaban J connectivity index is 1.49. The van der Waals surface area contributed by atoms with Gasteiger partial charge in [0, 0.05) is 12.1 Å². The normalized spacial score (nSPS) is 20.2. The lowest BCUT2D eigenvalue weighted by atomic mass is 9.87. The van der Waals surface area contributed by atoms with Crippen molar-refractivity contribution in [3.05, 3.63) is 35.9 Å². The summed E-state index contributed by atoms with van der Waals surface area (Å²) in [6.45, 7) is 1.41. The molecule has 0 unspecified atom stereocenters. The van der Waals surface area contributed by atoms with E-state index in [1.54, 1.807) is 0 Å². The Morgan fingerprint density at radius 2 is 2.00 bits per heavy atom. The predicted molar refractivity (Wildman–Crippen MR) is 92.2 cm³/mol. The van der Waals surface area contributed by atoms with Gasteiger partial charge in [0.25, 0.3) is 0 Å². The van der Waals surface area contributed by atoms with Gasteiger partial charge in [-0.05, 0) is 49.8 Å². The monoisotopic (exact) mass is 322 g/mol. The highest BCUT2D eigenvalue weighted by atomic mass is 32.2. The Bertz CT molecular complexity index is 436. The van der Waals surface area contributed by atoms with Crippen LogP contribution in [-0.4, -0.2) is 36.7 Å². The van der Waals surface area contributed by atoms with Crippen molar-refractivity contribution in [3.63, 3.8) is 0 Å². The van der Waals surface area contributed by atoms with E-state index in [0.29, 0.717) is 12.6 Å². The molecule has 1 saturated carbocycles. The molecule has 4 nitrogen and oxygen atoms in total. The zero-order valence-corrected chi connectivity index (χ0v) is 14.0. The maximum absolute atomic E-state index is 11.7. The Kier molecular flexibility index (Phi) is 7.60. The minimum atomic E-state index is -0.313. The Hall–Kier alpha value is -1.20. The Morgan fingerprint density at radius 1 is 1.23 bits per heavy atom. The first kappa shape index (κ1) is 17.2.